The molecule has 0 fully saturated rings. The zero-order valence-electron chi connectivity index (χ0n) is 12.9. The highest BCUT2D eigenvalue weighted by Crippen LogP contribution is 2.25. The van der Waals surface area contributed by atoms with Crippen LogP contribution in [0.25, 0.3) is 0 Å². The van der Waals surface area contributed by atoms with Crippen molar-refractivity contribution in [1.29, 1.82) is 0 Å². The summed E-state index contributed by atoms with van der Waals surface area (Å²) in [6, 6.07) is 10.6. The fourth-order valence-corrected chi connectivity index (χ4v) is 4.57. The van der Waals surface area contributed by atoms with E-state index >= 15 is 0 Å². The molecule has 1 aliphatic heterocycles. The fourth-order valence-electron chi connectivity index (χ4n) is 3.04. The first kappa shape index (κ1) is 15.6. The standard InChI is InChI=1S/C17H20N2OS2/c1-12-13-8-10-22-15(13)7-9-19(12)11-17(20)18-14-5-3-4-6-16(14)21-2/h3-6,8,10,12H,7,9,11H2,1-2H3,(H,18,20)/p+1/t12-/m0/s1. The van der Waals surface area contributed by atoms with Crippen LogP contribution in [-0.4, -0.2) is 25.3 Å². The highest BCUT2D eigenvalue weighted by Gasteiger charge is 2.29. The molecule has 1 aromatic heterocycles. The minimum absolute atomic E-state index is 0.0991. The molecule has 2 atom stereocenters. The number of amides is 1. The lowest BCUT2D eigenvalue weighted by molar-refractivity contribution is -0.923. The molecule has 22 heavy (non-hydrogen) atoms. The third-order valence-corrected chi connectivity index (χ3v) is 6.09. The van der Waals surface area contributed by atoms with E-state index in [2.05, 4.69) is 23.7 Å². The van der Waals surface area contributed by atoms with E-state index in [-0.39, 0.29) is 5.91 Å². The molecule has 1 unspecified atom stereocenters. The van der Waals surface area contributed by atoms with E-state index in [1.807, 2.05) is 41.9 Å². The highest BCUT2D eigenvalue weighted by atomic mass is 32.2. The van der Waals surface area contributed by atoms with Crippen molar-refractivity contribution in [3.63, 3.8) is 0 Å². The number of benzene rings is 1. The number of anilines is 1. The summed E-state index contributed by atoms with van der Waals surface area (Å²) < 4.78 is 0. The zero-order chi connectivity index (χ0) is 15.5. The molecule has 0 spiro atoms. The monoisotopic (exact) mass is 333 g/mol. The van der Waals surface area contributed by atoms with Gasteiger partial charge in [-0.3, -0.25) is 4.79 Å². The number of hydrogen-bond donors (Lipinski definition) is 2. The van der Waals surface area contributed by atoms with Gasteiger partial charge in [0.05, 0.1) is 12.2 Å². The van der Waals surface area contributed by atoms with Crippen molar-refractivity contribution >= 4 is 34.7 Å². The molecule has 1 aromatic carbocycles. The van der Waals surface area contributed by atoms with Crippen molar-refractivity contribution in [1.82, 2.24) is 0 Å². The summed E-state index contributed by atoms with van der Waals surface area (Å²) >= 11 is 3.50. The molecule has 3 rings (SSSR count). The molecule has 1 aliphatic rings. The highest BCUT2D eigenvalue weighted by molar-refractivity contribution is 7.98. The first-order valence-electron chi connectivity index (χ1n) is 7.52. The van der Waals surface area contributed by atoms with Gasteiger partial charge in [0.1, 0.15) is 6.04 Å². The second-order valence-electron chi connectivity index (χ2n) is 5.60. The van der Waals surface area contributed by atoms with Crippen molar-refractivity contribution < 1.29 is 9.69 Å². The van der Waals surface area contributed by atoms with Crippen molar-refractivity contribution in [2.45, 2.75) is 24.3 Å². The lowest BCUT2D eigenvalue weighted by Crippen LogP contribution is -3.14. The Morgan fingerprint density at radius 1 is 1.41 bits per heavy atom. The van der Waals surface area contributed by atoms with Gasteiger partial charge in [-0.05, 0) is 36.8 Å². The van der Waals surface area contributed by atoms with Crippen LogP contribution in [0, 0.1) is 0 Å². The number of para-hydroxylation sites is 1. The normalized spacial score (nSPS) is 20.5. The molecule has 116 valence electrons. The molecular weight excluding hydrogens is 312 g/mol. The SMILES string of the molecule is CSc1ccccc1NC(=O)C[NH+]1CCc2sccc2[C@@H]1C. The Balaban J connectivity index is 1.65. The Labute approximate surface area is 139 Å². The number of quaternary nitrogens is 1. The molecule has 0 aliphatic carbocycles. The summed E-state index contributed by atoms with van der Waals surface area (Å²) in [6.45, 7) is 3.79. The molecule has 0 saturated heterocycles. The summed E-state index contributed by atoms with van der Waals surface area (Å²) in [6.07, 6.45) is 3.11. The van der Waals surface area contributed by atoms with Crippen molar-refractivity contribution in [3.8, 4) is 0 Å². The van der Waals surface area contributed by atoms with E-state index in [1.54, 1.807) is 11.8 Å². The number of thiophene rings is 1. The van der Waals surface area contributed by atoms with Crippen LogP contribution in [0.4, 0.5) is 5.69 Å². The van der Waals surface area contributed by atoms with Crippen LogP contribution in [-0.2, 0) is 11.2 Å². The van der Waals surface area contributed by atoms with Crippen LogP contribution in [0.5, 0.6) is 0 Å². The third-order valence-electron chi connectivity index (χ3n) is 4.30. The summed E-state index contributed by atoms with van der Waals surface area (Å²) in [5, 5.41) is 5.23. The van der Waals surface area contributed by atoms with Gasteiger partial charge >= 0.3 is 0 Å². The minimum Gasteiger partial charge on any atom is -0.321 e. The second-order valence-corrected chi connectivity index (χ2v) is 7.45. The van der Waals surface area contributed by atoms with E-state index in [0.29, 0.717) is 12.6 Å². The van der Waals surface area contributed by atoms with E-state index < -0.39 is 0 Å². The van der Waals surface area contributed by atoms with Crippen LogP contribution < -0.4 is 10.2 Å². The predicted molar refractivity (Wildman–Crippen MR) is 94.0 cm³/mol. The quantitative estimate of drug-likeness (QED) is 0.843. The summed E-state index contributed by atoms with van der Waals surface area (Å²) in [7, 11) is 0. The van der Waals surface area contributed by atoms with Crippen LogP contribution >= 0.6 is 23.1 Å². The van der Waals surface area contributed by atoms with Crippen LogP contribution in [0.15, 0.2) is 40.6 Å². The lowest BCUT2D eigenvalue weighted by atomic mass is 10.0. The number of thioether (sulfide) groups is 1. The first-order chi connectivity index (χ1) is 10.7. The smallest absolute Gasteiger partial charge is 0.279 e. The molecule has 2 N–H and O–H groups in total. The molecule has 3 nitrogen and oxygen atoms in total. The maximum atomic E-state index is 12.4. The van der Waals surface area contributed by atoms with Crippen molar-refractivity contribution in [2.24, 2.45) is 0 Å². The van der Waals surface area contributed by atoms with Gasteiger partial charge < -0.3 is 10.2 Å². The molecule has 2 heterocycles. The number of hydrogen-bond acceptors (Lipinski definition) is 3. The third kappa shape index (κ3) is 3.21. The Hall–Kier alpha value is -1.30. The first-order valence-corrected chi connectivity index (χ1v) is 9.63. The van der Waals surface area contributed by atoms with Crippen molar-refractivity contribution in [3.05, 3.63) is 46.2 Å². The van der Waals surface area contributed by atoms with Gasteiger partial charge in [0.25, 0.3) is 5.91 Å². The largest absolute Gasteiger partial charge is 0.321 e. The van der Waals surface area contributed by atoms with Crippen LogP contribution in [0.2, 0.25) is 0 Å². The predicted octanol–water partition coefficient (Wildman–Crippen LogP) is 2.61. The maximum absolute atomic E-state index is 12.4. The average Bonchev–Trinajstić information content (AvgIpc) is 3.00. The Bertz CT molecular complexity index is 668. The number of nitrogens with one attached hydrogen (secondary N) is 2. The van der Waals surface area contributed by atoms with Gasteiger partial charge in [-0.15, -0.1) is 23.1 Å². The molecule has 2 aromatic rings. The average molecular weight is 334 g/mol. The Morgan fingerprint density at radius 3 is 3.05 bits per heavy atom. The number of carbonyl (C=O) groups excluding carboxylic acids is 1. The topological polar surface area (TPSA) is 33.5 Å². The van der Waals surface area contributed by atoms with Crippen molar-refractivity contribution in [2.75, 3.05) is 24.7 Å². The number of carbonyl (C=O) groups is 1. The fraction of sp³-hybridized carbons (Fsp3) is 0.353. The Morgan fingerprint density at radius 2 is 2.23 bits per heavy atom. The number of fused-ring (bicyclic) bond motifs is 1. The molecule has 1 amide bonds. The summed E-state index contributed by atoms with van der Waals surface area (Å²) in [5.41, 5.74) is 2.34. The van der Waals surface area contributed by atoms with Gasteiger partial charge in [0.2, 0.25) is 0 Å². The molecule has 0 saturated carbocycles. The molecule has 5 heteroatoms. The number of rotatable bonds is 4. The van der Waals surface area contributed by atoms with Gasteiger partial charge in [0.15, 0.2) is 6.54 Å². The van der Waals surface area contributed by atoms with E-state index in [1.165, 1.54) is 15.3 Å². The molecule has 0 bridgehead atoms. The second kappa shape index (κ2) is 6.86. The lowest BCUT2D eigenvalue weighted by Gasteiger charge is -2.30. The van der Waals surface area contributed by atoms with Gasteiger partial charge in [-0.2, -0.15) is 0 Å². The van der Waals surface area contributed by atoms with E-state index in [4.69, 9.17) is 0 Å². The Kier molecular flexibility index (Phi) is 4.86. The maximum Gasteiger partial charge on any atom is 0.279 e. The van der Waals surface area contributed by atoms with Crippen LogP contribution in [0.1, 0.15) is 23.4 Å². The minimum atomic E-state index is 0.0991. The molecule has 0 radical (unpaired) electrons. The van der Waals surface area contributed by atoms with E-state index in [9.17, 15) is 4.79 Å². The summed E-state index contributed by atoms with van der Waals surface area (Å²) in [5.74, 6) is 0.0991. The van der Waals surface area contributed by atoms with Gasteiger partial charge in [0, 0.05) is 21.8 Å². The molecular formula is C17H21N2OS2+. The van der Waals surface area contributed by atoms with Gasteiger partial charge in [-0.1, -0.05) is 12.1 Å². The zero-order valence-corrected chi connectivity index (χ0v) is 14.5. The van der Waals surface area contributed by atoms with Gasteiger partial charge in [-0.25, -0.2) is 0 Å². The van der Waals surface area contributed by atoms with E-state index in [0.717, 1.165) is 23.5 Å². The summed E-state index contributed by atoms with van der Waals surface area (Å²) in [4.78, 5) is 16.4. The van der Waals surface area contributed by atoms with Crippen LogP contribution in [0.3, 0.4) is 0 Å².